The number of nitrogen functional groups attached to an aromatic ring is 1. The first-order valence-electron chi connectivity index (χ1n) is 6.04. The van der Waals surface area contributed by atoms with E-state index in [0.29, 0.717) is 16.2 Å². The number of nitrogens with zero attached hydrogens (tertiary/aromatic N) is 3. The van der Waals surface area contributed by atoms with E-state index in [1.54, 1.807) is 0 Å². The fourth-order valence-corrected chi connectivity index (χ4v) is 2.88. The summed E-state index contributed by atoms with van der Waals surface area (Å²) in [6.45, 7) is 0. The van der Waals surface area contributed by atoms with Gasteiger partial charge in [-0.2, -0.15) is 0 Å². The molecule has 2 N–H and O–H groups in total. The number of rotatable bonds is 2. The molecule has 1 amide bonds. The van der Waals surface area contributed by atoms with Crippen LogP contribution in [0.15, 0.2) is 0 Å². The Morgan fingerprint density at radius 1 is 1.29 bits per heavy atom. The van der Waals surface area contributed by atoms with Crippen LogP contribution in [0.2, 0.25) is 0 Å². The molecule has 1 heterocycles. The first-order chi connectivity index (χ1) is 8.18. The number of aromatic nitrogens is 2. The fraction of sp³-hybridized carbons (Fsp3) is 0.727. The van der Waals surface area contributed by atoms with Gasteiger partial charge in [-0.3, -0.25) is 4.79 Å². The maximum absolute atomic E-state index is 12.1. The van der Waals surface area contributed by atoms with Gasteiger partial charge in [0.05, 0.1) is 0 Å². The van der Waals surface area contributed by atoms with Crippen LogP contribution in [0.3, 0.4) is 0 Å². The van der Waals surface area contributed by atoms with Crippen molar-refractivity contribution < 1.29 is 4.79 Å². The smallest absolute Gasteiger partial charge is 0.284 e. The molecule has 1 fully saturated rings. The number of carbonyl (C=O) groups is 1. The summed E-state index contributed by atoms with van der Waals surface area (Å²) in [6.07, 6.45) is 7.17. The van der Waals surface area contributed by atoms with Gasteiger partial charge in [-0.25, -0.2) is 0 Å². The molecule has 5 nitrogen and oxygen atoms in total. The van der Waals surface area contributed by atoms with Crippen molar-refractivity contribution in [3.63, 3.8) is 0 Å². The summed E-state index contributed by atoms with van der Waals surface area (Å²) >= 11 is 1.16. The molecule has 6 heteroatoms. The van der Waals surface area contributed by atoms with E-state index in [0.717, 1.165) is 24.2 Å². The van der Waals surface area contributed by atoms with Crippen LogP contribution in [0.4, 0.5) is 5.13 Å². The summed E-state index contributed by atoms with van der Waals surface area (Å²) in [5.41, 5.74) is 5.49. The largest absolute Gasteiger partial charge is 0.374 e. The van der Waals surface area contributed by atoms with Crippen LogP contribution in [0, 0.1) is 0 Å². The third-order valence-electron chi connectivity index (χ3n) is 3.32. The van der Waals surface area contributed by atoms with Crippen molar-refractivity contribution in [3.8, 4) is 0 Å². The highest BCUT2D eigenvalue weighted by Crippen LogP contribution is 2.23. The number of hydrogen-bond acceptors (Lipinski definition) is 5. The lowest BCUT2D eigenvalue weighted by Gasteiger charge is -2.26. The van der Waals surface area contributed by atoms with E-state index >= 15 is 0 Å². The summed E-state index contributed by atoms with van der Waals surface area (Å²) in [4.78, 5) is 14.0. The van der Waals surface area contributed by atoms with Gasteiger partial charge in [0.1, 0.15) is 0 Å². The second kappa shape index (κ2) is 5.44. The Bertz CT molecular complexity index is 385. The molecule has 2 rings (SSSR count). The first kappa shape index (κ1) is 12.3. The van der Waals surface area contributed by atoms with Crippen LogP contribution in [0.25, 0.3) is 0 Å². The van der Waals surface area contributed by atoms with E-state index in [9.17, 15) is 4.79 Å². The minimum atomic E-state index is -0.0499. The minimum absolute atomic E-state index is 0.0499. The number of carbonyl (C=O) groups excluding carboxylic acids is 1. The normalized spacial score (nSPS) is 17.7. The number of amides is 1. The van der Waals surface area contributed by atoms with Crippen LogP contribution in [0.5, 0.6) is 0 Å². The van der Waals surface area contributed by atoms with Gasteiger partial charge >= 0.3 is 0 Å². The Balaban J connectivity index is 2.03. The van der Waals surface area contributed by atoms with Gasteiger partial charge < -0.3 is 10.6 Å². The van der Waals surface area contributed by atoms with Crippen LogP contribution in [-0.4, -0.2) is 34.1 Å². The molecule has 0 spiro atoms. The van der Waals surface area contributed by atoms with E-state index in [1.165, 1.54) is 25.7 Å². The van der Waals surface area contributed by atoms with Gasteiger partial charge in [0.2, 0.25) is 10.1 Å². The number of nitrogens with two attached hydrogens (primary N) is 1. The van der Waals surface area contributed by atoms with Crippen molar-refractivity contribution in [2.75, 3.05) is 12.8 Å². The molecule has 1 aliphatic carbocycles. The topological polar surface area (TPSA) is 72.1 Å². The molecule has 0 aliphatic heterocycles. The molecule has 0 saturated heterocycles. The van der Waals surface area contributed by atoms with Crippen molar-refractivity contribution in [1.29, 1.82) is 0 Å². The molecule has 0 radical (unpaired) electrons. The fourth-order valence-electron chi connectivity index (χ4n) is 2.28. The van der Waals surface area contributed by atoms with Crippen LogP contribution in [-0.2, 0) is 0 Å². The Morgan fingerprint density at radius 2 is 1.94 bits per heavy atom. The van der Waals surface area contributed by atoms with Crippen LogP contribution >= 0.6 is 11.3 Å². The van der Waals surface area contributed by atoms with Crippen molar-refractivity contribution in [2.45, 2.75) is 44.6 Å². The van der Waals surface area contributed by atoms with Crippen molar-refractivity contribution >= 4 is 22.4 Å². The number of hydrogen-bond donors (Lipinski definition) is 1. The van der Waals surface area contributed by atoms with E-state index in [-0.39, 0.29) is 5.91 Å². The first-order valence-corrected chi connectivity index (χ1v) is 6.86. The van der Waals surface area contributed by atoms with Crippen molar-refractivity contribution in [3.05, 3.63) is 5.01 Å². The zero-order valence-corrected chi connectivity index (χ0v) is 10.9. The van der Waals surface area contributed by atoms with E-state index in [4.69, 9.17) is 5.73 Å². The molecule has 94 valence electrons. The molecule has 0 unspecified atom stereocenters. The molecular formula is C11H18N4OS. The van der Waals surface area contributed by atoms with Crippen molar-refractivity contribution in [2.24, 2.45) is 0 Å². The molecule has 17 heavy (non-hydrogen) atoms. The molecule has 1 aromatic rings. The molecule has 1 aliphatic rings. The predicted octanol–water partition coefficient (Wildman–Crippen LogP) is 1.92. The highest BCUT2D eigenvalue weighted by atomic mass is 32.1. The monoisotopic (exact) mass is 254 g/mol. The van der Waals surface area contributed by atoms with Crippen LogP contribution in [0.1, 0.15) is 48.3 Å². The minimum Gasteiger partial charge on any atom is -0.374 e. The summed E-state index contributed by atoms with van der Waals surface area (Å²) in [5, 5.41) is 8.24. The van der Waals surface area contributed by atoms with Gasteiger partial charge in [-0.05, 0) is 12.8 Å². The van der Waals surface area contributed by atoms with Gasteiger partial charge in [-0.15, -0.1) is 10.2 Å². The van der Waals surface area contributed by atoms with Crippen molar-refractivity contribution in [1.82, 2.24) is 15.1 Å². The Morgan fingerprint density at radius 3 is 2.47 bits per heavy atom. The third-order valence-corrected chi connectivity index (χ3v) is 4.06. The molecule has 0 bridgehead atoms. The Labute approximate surface area is 105 Å². The molecule has 0 atom stereocenters. The highest BCUT2D eigenvalue weighted by Gasteiger charge is 2.24. The second-order valence-corrected chi connectivity index (χ2v) is 5.52. The average molecular weight is 254 g/mol. The maximum atomic E-state index is 12.1. The Kier molecular flexibility index (Phi) is 3.93. The highest BCUT2D eigenvalue weighted by molar-refractivity contribution is 7.16. The van der Waals surface area contributed by atoms with E-state index < -0.39 is 0 Å². The summed E-state index contributed by atoms with van der Waals surface area (Å²) in [6, 6.07) is 0.343. The maximum Gasteiger partial charge on any atom is 0.284 e. The lowest BCUT2D eigenvalue weighted by Crippen LogP contribution is -2.36. The molecule has 0 aromatic carbocycles. The average Bonchev–Trinajstić information content (AvgIpc) is 2.60. The lowest BCUT2D eigenvalue weighted by atomic mass is 10.1. The predicted molar refractivity (Wildman–Crippen MR) is 67.9 cm³/mol. The van der Waals surface area contributed by atoms with Gasteiger partial charge in [0, 0.05) is 13.1 Å². The summed E-state index contributed by atoms with van der Waals surface area (Å²) < 4.78 is 0. The molecular weight excluding hydrogens is 236 g/mol. The SMILES string of the molecule is CN(C(=O)c1nnc(N)s1)C1CCCCCC1. The second-order valence-electron chi connectivity index (χ2n) is 4.51. The van der Waals surface area contributed by atoms with E-state index in [1.807, 2.05) is 11.9 Å². The number of anilines is 1. The molecule has 1 aromatic heterocycles. The third kappa shape index (κ3) is 2.94. The van der Waals surface area contributed by atoms with Gasteiger partial charge in [0.25, 0.3) is 5.91 Å². The Hall–Kier alpha value is -1.17. The zero-order valence-electron chi connectivity index (χ0n) is 10.1. The summed E-state index contributed by atoms with van der Waals surface area (Å²) in [5.74, 6) is -0.0499. The van der Waals surface area contributed by atoms with E-state index in [2.05, 4.69) is 10.2 Å². The lowest BCUT2D eigenvalue weighted by molar-refractivity contribution is 0.0716. The van der Waals surface area contributed by atoms with Crippen LogP contribution < -0.4 is 5.73 Å². The van der Waals surface area contributed by atoms with Gasteiger partial charge in [0.15, 0.2) is 0 Å². The van der Waals surface area contributed by atoms with Gasteiger partial charge in [-0.1, -0.05) is 37.0 Å². The summed E-state index contributed by atoms with van der Waals surface area (Å²) in [7, 11) is 1.86. The quantitative estimate of drug-likeness (QED) is 0.818. The standard InChI is InChI=1S/C11H18N4OS/c1-15(8-6-4-2-3-5-7-8)10(16)9-13-14-11(12)17-9/h8H,2-7H2,1H3,(H2,12,14). The zero-order chi connectivity index (χ0) is 12.3. The molecule has 1 saturated carbocycles.